The Morgan fingerprint density at radius 1 is 1.05 bits per heavy atom. The molecule has 4 amide bonds. The van der Waals surface area contributed by atoms with E-state index in [1.165, 1.54) is 18.2 Å². The molecule has 4 atom stereocenters. The molecule has 37 heavy (non-hydrogen) atoms. The summed E-state index contributed by atoms with van der Waals surface area (Å²) in [6.45, 7) is 11.1. The Morgan fingerprint density at radius 2 is 1.70 bits per heavy atom. The molecule has 2 heterocycles. The standard InChI is InChI=1S/C17H26N4O6S.C5H10S.C3H8/c1-8(2)13-17(26)27-5-4-11(22)18-6-12(23)19-10-7-28-9(3)14(16(25)20-13)21-15(10)24;1-2-3-4-5-6;1-3-2/h8-10,13-14H,4-7H2,1-3H3,(H,18,22)(H,19,23)(H,20,25)(H,21,24);2-3,6H,4-5H2,1H3;3H2,1-2H3/b;3-2+;/t9?,10-,13?,14?;;/m1../s1. The van der Waals surface area contributed by atoms with Crippen LogP contribution in [0.15, 0.2) is 12.2 Å². The average Bonchev–Trinajstić information content (AvgIpc) is 2.98. The minimum Gasteiger partial charge on any atom is -0.464 e. The van der Waals surface area contributed by atoms with Crippen LogP contribution in [0.25, 0.3) is 0 Å². The van der Waals surface area contributed by atoms with Crippen LogP contribution in [-0.2, 0) is 28.7 Å². The van der Waals surface area contributed by atoms with E-state index < -0.39 is 47.7 Å². The van der Waals surface area contributed by atoms with Crippen molar-refractivity contribution < 1.29 is 28.7 Å². The number of carbonyl (C=O) groups excluding carboxylic acids is 5. The van der Waals surface area contributed by atoms with Gasteiger partial charge in [0.1, 0.15) is 24.7 Å². The van der Waals surface area contributed by atoms with Gasteiger partial charge in [0, 0.05) is 11.0 Å². The minimum absolute atomic E-state index is 0.114. The van der Waals surface area contributed by atoms with E-state index in [2.05, 4.69) is 53.8 Å². The van der Waals surface area contributed by atoms with Gasteiger partial charge in [0.2, 0.25) is 23.6 Å². The number of rotatable bonds is 3. The highest BCUT2D eigenvalue weighted by Gasteiger charge is 2.37. The predicted octanol–water partition coefficient (Wildman–Crippen LogP) is 1.59. The zero-order valence-electron chi connectivity index (χ0n) is 22.8. The van der Waals surface area contributed by atoms with Gasteiger partial charge in [0.15, 0.2) is 0 Å². The topological polar surface area (TPSA) is 143 Å². The van der Waals surface area contributed by atoms with Gasteiger partial charge in [-0.2, -0.15) is 24.4 Å². The second-order valence-corrected chi connectivity index (χ2v) is 10.7. The van der Waals surface area contributed by atoms with Crippen LogP contribution in [0.4, 0.5) is 0 Å². The highest BCUT2D eigenvalue weighted by molar-refractivity contribution is 8.00. The summed E-state index contributed by atoms with van der Waals surface area (Å²) in [5, 5.41) is 9.99. The lowest BCUT2D eigenvalue weighted by Crippen LogP contribution is -2.58. The molecule has 2 aliphatic heterocycles. The van der Waals surface area contributed by atoms with Crippen molar-refractivity contribution in [2.75, 3.05) is 24.7 Å². The number of cyclic esters (lactones) is 1. The van der Waals surface area contributed by atoms with Crippen molar-refractivity contribution in [3.8, 4) is 0 Å². The lowest BCUT2D eigenvalue weighted by Gasteiger charge is -2.26. The van der Waals surface area contributed by atoms with E-state index in [0.29, 0.717) is 0 Å². The zero-order valence-corrected chi connectivity index (χ0v) is 24.5. The molecular formula is C25H44N4O6S2. The number of allylic oxidation sites excluding steroid dienone is 2. The van der Waals surface area contributed by atoms with E-state index in [0.717, 1.165) is 12.2 Å². The van der Waals surface area contributed by atoms with Crippen LogP contribution >= 0.6 is 24.4 Å². The van der Waals surface area contributed by atoms with Crippen molar-refractivity contribution in [3.63, 3.8) is 0 Å². The number of hydrogen-bond donors (Lipinski definition) is 5. The van der Waals surface area contributed by atoms with Gasteiger partial charge in [0.25, 0.3) is 0 Å². The van der Waals surface area contributed by atoms with E-state index >= 15 is 0 Å². The summed E-state index contributed by atoms with van der Waals surface area (Å²) in [5.41, 5.74) is 0. The van der Waals surface area contributed by atoms with Crippen molar-refractivity contribution in [2.24, 2.45) is 5.92 Å². The molecule has 2 bridgehead atoms. The number of thiol groups is 1. The van der Waals surface area contributed by atoms with Gasteiger partial charge in [-0.25, -0.2) is 4.79 Å². The molecule has 2 aliphatic rings. The van der Waals surface area contributed by atoms with Gasteiger partial charge in [-0.05, 0) is 25.0 Å². The Kier molecular flexibility index (Phi) is 18.7. The molecular weight excluding hydrogens is 516 g/mol. The second-order valence-electron chi connectivity index (χ2n) is 8.86. The number of hydrogen-bond acceptors (Lipinski definition) is 8. The highest BCUT2D eigenvalue weighted by atomic mass is 32.2. The third kappa shape index (κ3) is 14.3. The molecule has 0 aliphatic carbocycles. The lowest BCUT2D eigenvalue weighted by atomic mass is 10.0. The summed E-state index contributed by atoms with van der Waals surface area (Å²) in [7, 11) is 0. The fraction of sp³-hybridized carbons (Fsp3) is 0.720. The normalized spacial score (nSPS) is 25.4. The van der Waals surface area contributed by atoms with Crippen LogP contribution < -0.4 is 21.3 Å². The number of carbonyl (C=O) groups is 5. The van der Waals surface area contributed by atoms with E-state index in [-0.39, 0.29) is 36.5 Å². The van der Waals surface area contributed by atoms with Gasteiger partial charge in [0.05, 0.1) is 13.0 Å². The van der Waals surface area contributed by atoms with Gasteiger partial charge < -0.3 is 26.0 Å². The van der Waals surface area contributed by atoms with E-state index in [9.17, 15) is 24.0 Å². The minimum atomic E-state index is -0.906. The van der Waals surface area contributed by atoms with Gasteiger partial charge in [-0.3, -0.25) is 19.2 Å². The Bertz CT molecular complexity index is 778. The van der Waals surface area contributed by atoms with Gasteiger partial charge >= 0.3 is 5.97 Å². The number of ether oxygens (including phenoxy) is 1. The first-order valence-electron chi connectivity index (χ1n) is 12.7. The second kappa shape index (κ2) is 19.8. The van der Waals surface area contributed by atoms with Crippen molar-refractivity contribution in [1.82, 2.24) is 21.3 Å². The van der Waals surface area contributed by atoms with Crippen molar-refractivity contribution >= 4 is 54.0 Å². The summed E-state index contributed by atoms with van der Waals surface area (Å²) in [6.07, 6.45) is 6.38. The molecule has 2 rings (SSSR count). The van der Waals surface area contributed by atoms with Crippen LogP contribution in [0.2, 0.25) is 0 Å². The molecule has 0 saturated carbocycles. The zero-order chi connectivity index (χ0) is 28.4. The van der Waals surface area contributed by atoms with Crippen molar-refractivity contribution in [2.45, 2.75) is 84.2 Å². The molecule has 0 radical (unpaired) electrons. The van der Waals surface area contributed by atoms with Crippen LogP contribution in [0.5, 0.6) is 0 Å². The van der Waals surface area contributed by atoms with Crippen LogP contribution in [0, 0.1) is 5.92 Å². The Hall–Kier alpha value is -2.21. The van der Waals surface area contributed by atoms with Crippen molar-refractivity contribution in [1.29, 1.82) is 0 Å². The Balaban J connectivity index is 0.00000124. The maximum Gasteiger partial charge on any atom is 0.328 e. The number of esters is 1. The molecule has 0 spiro atoms. The van der Waals surface area contributed by atoms with Crippen LogP contribution in [0.3, 0.4) is 0 Å². The molecule has 10 nitrogen and oxygen atoms in total. The van der Waals surface area contributed by atoms with Gasteiger partial charge in [-0.1, -0.05) is 53.2 Å². The monoisotopic (exact) mass is 560 g/mol. The first kappa shape index (κ1) is 34.8. The maximum absolute atomic E-state index is 12.7. The Labute approximate surface area is 230 Å². The Morgan fingerprint density at radius 3 is 2.24 bits per heavy atom. The molecule has 12 heteroatoms. The number of thioether (sulfide) groups is 1. The van der Waals surface area contributed by atoms with E-state index in [1.54, 1.807) is 20.8 Å². The summed E-state index contributed by atoms with van der Waals surface area (Å²) >= 11 is 5.36. The van der Waals surface area contributed by atoms with E-state index in [4.69, 9.17) is 4.74 Å². The summed E-state index contributed by atoms with van der Waals surface area (Å²) < 4.78 is 5.11. The first-order valence-corrected chi connectivity index (χ1v) is 14.4. The maximum atomic E-state index is 12.7. The van der Waals surface area contributed by atoms with Crippen molar-refractivity contribution in [3.05, 3.63) is 12.2 Å². The van der Waals surface area contributed by atoms with Crippen LogP contribution in [-0.4, -0.2) is 77.6 Å². The predicted molar refractivity (Wildman–Crippen MR) is 150 cm³/mol. The largest absolute Gasteiger partial charge is 0.464 e. The van der Waals surface area contributed by atoms with Crippen LogP contribution in [0.1, 0.15) is 60.8 Å². The highest BCUT2D eigenvalue weighted by Crippen LogP contribution is 2.20. The summed E-state index contributed by atoms with van der Waals surface area (Å²) in [5.74, 6) is -1.63. The third-order valence-corrected chi connectivity index (χ3v) is 6.58. The lowest BCUT2D eigenvalue weighted by molar-refractivity contribution is -0.150. The summed E-state index contributed by atoms with van der Waals surface area (Å²) in [4.78, 5) is 61.3. The number of amides is 4. The molecule has 0 aromatic rings. The number of nitrogens with one attached hydrogen (secondary N) is 4. The van der Waals surface area contributed by atoms with E-state index in [1.807, 2.05) is 13.0 Å². The summed E-state index contributed by atoms with van der Waals surface area (Å²) in [6, 6.07) is -2.59. The fourth-order valence-electron chi connectivity index (χ4n) is 3.01. The third-order valence-electron chi connectivity index (χ3n) is 5.00. The molecule has 4 N–H and O–H groups in total. The molecule has 0 aromatic heterocycles. The van der Waals surface area contributed by atoms with Gasteiger partial charge in [-0.15, -0.1) is 0 Å². The quantitative estimate of drug-likeness (QED) is 0.200. The SMILES string of the molecule is C/C=C/CCS.CC(C)C1NC(=O)C2NC(=O)[C@@H](CSC2C)NC(=O)CNC(=O)CCOC1=O.CCC. The molecule has 3 unspecified atom stereocenters. The first-order chi connectivity index (χ1) is 17.5. The number of fused-ring (bicyclic) bond motifs is 3. The smallest absolute Gasteiger partial charge is 0.328 e. The average molecular weight is 561 g/mol. The molecule has 212 valence electrons. The molecule has 0 aromatic carbocycles. The molecule has 2 fully saturated rings. The molecule has 2 saturated heterocycles. The fourth-order valence-corrected chi connectivity index (χ4v) is 4.27.